The minimum atomic E-state index is -3.38. The minimum Gasteiger partial charge on any atom is -0.363 e. The van der Waals surface area contributed by atoms with Crippen molar-refractivity contribution in [1.29, 1.82) is 0 Å². The smallest absolute Gasteiger partial charge is 0.242 e. The molecule has 0 radical (unpaired) electrons. The van der Waals surface area contributed by atoms with E-state index in [-0.39, 0.29) is 0 Å². The molecule has 0 saturated heterocycles. The Balaban J connectivity index is 1.83. The molecular formula is C15H27N3O2S. The molecule has 1 aliphatic rings. The summed E-state index contributed by atoms with van der Waals surface area (Å²) >= 11 is 0. The summed E-state index contributed by atoms with van der Waals surface area (Å²) in [5.41, 5.74) is 0.889. The van der Waals surface area contributed by atoms with E-state index in [1.54, 1.807) is 12.3 Å². The summed E-state index contributed by atoms with van der Waals surface area (Å²) in [4.78, 5) is 3.35. The van der Waals surface area contributed by atoms with Crippen molar-refractivity contribution in [3.05, 3.63) is 18.0 Å². The van der Waals surface area contributed by atoms with Crippen molar-refractivity contribution >= 4 is 10.0 Å². The number of nitrogens with one attached hydrogen (secondary N) is 3. The molecule has 0 amide bonds. The van der Waals surface area contributed by atoms with Crippen molar-refractivity contribution in [1.82, 2.24) is 15.0 Å². The van der Waals surface area contributed by atoms with Gasteiger partial charge in [0.2, 0.25) is 10.0 Å². The van der Waals surface area contributed by atoms with Crippen LogP contribution in [0.2, 0.25) is 0 Å². The molecule has 3 N–H and O–H groups in total. The molecule has 21 heavy (non-hydrogen) atoms. The third-order valence-electron chi connectivity index (χ3n) is 4.05. The SMILES string of the molecule is CC(C)NCc1cc(S(=O)(=O)NCCC2CCCC2)c[nH]1. The Kier molecular flexibility index (Phi) is 5.84. The number of hydrogen-bond acceptors (Lipinski definition) is 3. The second kappa shape index (κ2) is 7.42. The quantitative estimate of drug-likeness (QED) is 0.690. The Labute approximate surface area is 128 Å². The van der Waals surface area contributed by atoms with E-state index in [0.29, 0.717) is 29.9 Å². The summed E-state index contributed by atoms with van der Waals surface area (Å²) in [7, 11) is -3.38. The molecule has 2 rings (SSSR count). The fourth-order valence-corrected chi connectivity index (χ4v) is 3.83. The molecule has 0 spiro atoms. The van der Waals surface area contributed by atoms with Gasteiger partial charge in [-0.1, -0.05) is 39.5 Å². The normalized spacial score (nSPS) is 16.9. The van der Waals surface area contributed by atoms with Crippen LogP contribution in [0, 0.1) is 5.92 Å². The zero-order chi connectivity index (χ0) is 15.3. The van der Waals surface area contributed by atoms with Gasteiger partial charge in [0, 0.05) is 31.0 Å². The fraction of sp³-hybridized carbons (Fsp3) is 0.733. The van der Waals surface area contributed by atoms with Gasteiger partial charge in [0.05, 0.1) is 4.90 Å². The van der Waals surface area contributed by atoms with E-state index in [4.69, 9.17) is 0 Å². The number of rotatable bonds is 8. The summed E-state index contributed by atoms with van der Waals surface area (Å²) in [5, 5.41) is 3.26. The molecule has 1 aromatic heterocycles. The number of sulfonamides is 1. The van der Waals surface area contributed by atoms with E-state index in [1.807, 2.05) is 0 Å². The predicted octanol–water partition coefficient (Wildman–Crippen LogP) is 2.37. The summed E-state index contributed by atoms with van der Waals surface area (Å²) < 4.78 is 27.1. The lowest BCUT2D eigenvalue weighted by molar-refractivity contribution is 0.495. The summed E-state index contributed by atoms with van der Waals surface area (Å²) in [6, 6.07) is 2.07. The lowest BCUT2D eigenvalue weighted by Gasteiger charge is -2.09. The molecule has 0 aromatic carbocycles. The van der Waals surface area contributed by atoms with Crippen molar-refractivity contribution in [2.75, 3.05) is 6.54 Å². The summed E-state index contributed by atoms with van der Waals surface area (Å²) in [6.45, 7) is 5.31. The first-order chi connectivity index (χ1) is 9.97. The highest BCUT2D eigenvalue weighted by Gasteiger charge is 2.18. The lowest BCUT2D eigenvalue weighted by atomic mass is 10.1. The zero-order valence-corrected chi connectivity index (χ0v) is 13.8. The second-order valence-electron chi connectivity index (χ2n) is 6.23. The maximum Gasteiger partial charge on any atom is 0.242 e. The molecule has 1 heterocycles. The molecule has 1 saturated carbocycles. The minimum absolute atomic E-state index is 0.328. The van der Waals surface area contributed by atoms with Crippen LogP contribution < -0.4 is 10.0 Å². The summed E-state index contributed by atoms with van der Waals surface area (Å²) in [6.07, 6.45) is 7.59. The Bertz CT molecular complexity index is 531. The highest BCUT2D eigenvalue weighted by molar-refractivity contribution is 7.89. The van der Waals surface area contributed by atoms with Gasteiger partial charge in [-0.05, 0) is 18.4 Å². The van der Waals surface area contributed by atoms with Gasteiger partial charge in [0.25, 0.3) is 0 Å². The number of hydrogen-bond donors (Lipinski definition) is 3. The van der Waals surface area contributed by atoms with E-state index in [9.17, 15) is 8.42 Å². The third kappa shape index (κ3) is 5.13. The molecular weight excluding hydrogens is 286 g/mol. The van der Waals surface area contributed by atoms with Gasteiger partial charge in [-0.25, -0.2) is 13.1 Å². The predicted molar refractivity (Wildman–Crippen MR) is 84.5 cm³/mol. The first-order valence-corrected chi connectivity index (χ1v) is 9.36. The van der Waals surface area contributed by atoms with Gasteiger partial charge in [0.15, 0.2) is 0 Å². The van der Waals surface area contributed by atoms with Crippen molar-refractivity contribution in [3.63, 3.8) is 0 Å². The van der Waals surface area contributed by atoms with E-state index in [1.165, 1.54) is 25.7 Å². The van der Waals surface area contributed by atoms with E-state index < -0.39 is 10.0 Å². The molecule has 1 fully saturated rings. The molecule has 0 unspecified atom stereocenters. The number of H-pyrrole nitrogens is 1. The Morgan fingerprint density at radius 3 is 2.71 bits per heavy atom. The van der Waals surface area contributed by atoms with Crippen LogP contribution >= 0.6 is 0 Å². The first kappa shape index (κ1) is 16.5. The average molecular weight is 313 g/mol. The lowest BCUT2D eigenvalue weighted by Crippen LogP contribution is -2.25. The largest absolute Gasteiger partial charge is 0.363 e. The van der Waals surface area contributed by atoms with E-state index in [2.05, 4.69) is 28.9 Å². The number of aromatic nitrogens is 1. The molecule has 120 valence electrons. The van der Waals surface area contributed by atoms with Gasteiger partial charge in [-0.2, -0.15) is 0 Å². The van der Waals surface area contributed by atoms with Gasteiger partial charge < -0.3 is 10.3 Å². The van der Waals surface area contributed by atoms with Crippen LogP contribution in [0.4, 0.5) is 0 Å². The van der Waals surface area contributed by atoms with E-state index >= 15 is 0 Å². The van der Waals surface area contributed by atoms with Crippen molar-refractivity contribution in [3.8, 4) is 0 Å². The van der Waals surface area contributed by atoms with E-state index in [0.717, 1.165) is 12.1 Å². The highest BCUT2D eigenvalue weighted by atomic mass is 32.2. The van der Waals surface area contributed by atoms with Gasteiger partial charge in [-0.15, -0.1) is 0 Å². The van der Waals surface area contributed by atoms with Crippen LogP contribution in [0.1, 0.15) is 51.6 Å². The van der Waals surface area contributed by atoms with Crippen molar-refractivity contribution < 1.29 is 8.42 Å². The van der Waals surface area contributed by atoms with Gasteiger partial charge in [-0.3, -0.25) is 0 Å². The molecule has 5 nitrogen and oxygen atoms in total. The van der Waals surface area contributed by atoms with Crippen LogP contribution in [-0.2, 0) is 16.6 Å². The fourth-order valence-electron chi connectivity index (χ4n) is 2.77. The standard InChI is InChI=1S/C15H27N3O2S/c1-12(2)16-10-14-9-15(11-17-14)21(19,20)18-8-7-13-5-3-4-6-13/h9,11-13,16-18H,3-8,10H2,1-2H3. The molecule has 1 aromatic rings. The third-order valence-corrected chi connectivity index (χ3v) is 5.49. The number of aromatic amines is 1. The topological polar surface area (TPSA) is 74.0 Å². The highest BCUT2D eigenvalue weighted by Crippen LogP contribution is 2.27. The molecule has 0 atom stereocenters. The molecule has 6 heteroatoms. The Morgan fingerprint density at radius 2 is 2.05 bits per heavy atom. The molecule has 0 bridgehead atoms. The molecule has 1 aliphatic carbocycles. The van der Waals surface area contributed by atoms with Crippen LogP contribution in [0.3, 0.4) is 0 Å². The second-order valence-corrected chi connectivity index (χ2v) is 8.00. The zero-order valence-electron chi connectivity index (χ0n) is 13.0. The van der Waals surface area contributed by atoms with Crippen LogP contribution in [-0.4, -0.2) is 26.0 Å². The average Bonchev–Trinajstić information content (AvgIpc) is 3.07. The monoisotopic (exact) mass is 313 g/mol. The maximum absolute atomic E-state index is 12.2. The van der Waals surface area contributed by atoms with Crippen LogP contribution in [0.25, 0.3) is 0 Å². The van der Waals surface area contributed by atoms with Crippen LogP contribution in [0.15, 0.2) is 17.2 Å². The van der Waals surface area contributed by atoms with Gasteiger partial charge >= 0.3 is 0 Å². The van der Waals surface area contributed by atoms with Crippen molar-refractivity contribution in [2.45, 2.75) is 63.4 Å². The van der Waals surface area contributed by atoms with Crippen molar-refractivity contribution in [2.24, 2.45) is 5.92 Å². The Morgan fingerprint density at radius 1 is 1.33 bits per heavy atom. The Hall–Kier alpha value is -0.850. The van der Waals surface area contributed by atoms with Crippen LogP contribution in [0.5, 0.6) is 0 Å². The molecule has 0 aliphatic heterocycles. The van der Waals surface area contributed by atoms with Gasteiger partial charge in [0.1, 0.15) is 0 Å². The summed E-state index contributed by atoms with van der Waals surface area (Å²) in [5.74, 6) is 0.699. The maximum atomic E-state index is 12.2. The first-order valence-electron chi connectivity index (χ1n) is 7.88.